The van der Waals surface area contributed by atoms with Gasteiger partial charge in [0.2, 0.25) is 0 Å². The zero-order valence-corrected chi connectivity index (χ0v) is 12.1. The van der Waals surface area contributed by atoms with Crippen LogP contribution in [-0.2, 0) is 5.41 Å². The van der Waals surface area contributed by atoms with Crippen LogP contribution in [0.3, 0.4) is 0 Å². The molecule has 0 fully saturated rings. The molecule has 0 aromatic heterocycles. The number of hydrogen-bond acceptors (Lipinski definition) is 0. The van der Waals surface area contributed by atoms with Crippen LogP contribution >= 0.6 is 15.9 Å². The molecule has 0 radical (unpaired) electrons. The van der Waals surface area contributed by atoms with Crippen molar-refractivity contribution in [3.8, 4) is 0 Å². The minimum Gasteiger partial charge on any atom is -0.0984 e. The molecule has 0 saturated carbocycles. The van der Waals surface area contributed by atoms with Crippen molar-refractivity contribution < 1.29 is 0 Å². The van der Waals surface area contributed by atoms with E-state index in [9.17, 15) is 0 Å². The summed E-state index contributed by atoms with van der Waals surface area (Å²) < 4.78 is 1.13. The minimum absolute atomic E-state index is 0.0507. The molecule has 0 heterocycles. The molecule has 17 heavy (non-hydrogen) atoms. The number of fused-ring (bicyclic) bond motifs is 1. The molecule has 0 N–H and O–H groups in total. The average molecular weight is 289 g/mol. The molecule has 1 aliphatic carbocycles. The van der Waals surface area contributed by atoms with Gasteiger partial charge in [-0.3, -0.25) is 0 Å². The van der Waals surface area contributed by atoms with Crippen LogP contribution in [0.15, 0.2) is 53.1 Å². The fraction of sp³-hybridized carbons (Fsp3) is 0.250. The summed E-state index contributed by atoms with van der Waals surface area (Å²) in [5.41, 5.74) is 5.34. The minimum atomic E-state index is 0.0507. The van der Waals surface area contributed by atoms with Gasteiger partial charge in [-0.25, -0.2) is 0 Å². The Kier molecular flexibility index (Phi) is 3.13. The van der Waals surface area contributed by atoms with Gasteiger partial charge in [0, 0.05) is 9.89 Å². The molecule has 0 aliphatic heterocycles. The van der Waals surface area contributed by atoms with Crippen LogP contribution in [0.1, 0.15) is 31.9 Å². The number of rotatable bonds is 2. The molecule has 0 amide bonds. The largest absolute Gasteiger partial charge is 0.0984 e. The zero-order valence-electron chi connectivity index (χ0n) is 10.5. The van der Waals surface area contributed by atoms with Crippen molar-refractivity contribution in [3.05, 3.63) is 64.2 Å². The Hall–Kier alpha value is -1.08. The van der Waals surface area contributed by atoms with Crippen LogP contribution in [0.25, 0.3) is 5.57 Å². The predicted octanol–water partition coefficient (Wildman–Crippen LogP) is 5.26. The Balaban J connectivity index is 2.75. The topological polar surface area (TPSA) is 0 Å². The maximum Gasteiger partial charge on any atom is 0.0178 e. The fourth-order valence-corrected chi connectivity index (χ4v) is 2.94. The molecule has 0 unspecified atom stereocenters. The summed E-state index contributed by atoms with van der Waals surface area (Å²) in [7, 11) is 0. The van der Waals surface area contributed by atoms with Gasteiger partial charge in [-0.1, -0.05) is 60.7 Å². The lowest BCUT2D eigenvalue weighted by Crippen LogP contribution is -2.16. The van der Waals surface area contributed by atoms with Crippen LogP contribution in [-0.4, -0.2) is 0 Å². The maximum atomic E-state index is 3.96. The lowest BCUT2D eigenvalue weighted by Gasteiger charge is -2.23. The van der Waals surface area contributed by atoms with E-state index in [0.717, 1.165) is 4.47 Å². The highest BCUT2D eigenvalue weighted by Gasteiger charge is 2.35. The van der Waals surface area contributed by atoms with E-state index in [1.54, 1.807) is 0 Å². The Labute approximate surface area is 112 Å². The summed E-state index contributed by atoms with van der Waals surface area (Å²) in [4.78, 5) is 0. The van der Waals surface area contributed by atoms with Gasteiger partial charge in [0.15, 0.2) is 0 Å². The number of allylic oxidation sites excluding steroid dienone is 5. The summed E-state index contributed by atoms with van der Waals surface area (Å²) in [6.07, 6.45) is 6.27. The normalized spacial score (nSPS) is 17.6. The monoisotopic (exact) mass is 288 g/mol. The van der Waals surface area contributed by atoms with E-state index in [4.69, 9.17) is 0 Å². The number of benzene rings is 1. The molecule has 88 valence electrons. The quantitative estimate of drug-likeness (QED) is 0.697. The standard InChI is InChI=1S/C16H17Br/c1-5-7-14-12(6-2)13-9-8-11(17)10-15(13)16(14,3)4/h5-10H,2H2,1,3-4H3/b7-5-. The van der Waals surface area contributed by atoms with Gasteiger partial charge >= 0.3 is 0 Å². The molecule has 0 saturated heterocycles. The van der Waals surface area contributed by atoms with Crippen molar-refractivity contribution in [2.75, 3.05) is 0 Å². The van der Waals surface area contributed by atoms with E-state index in [0.29, 0.717) is 0 Å². The Morgan fingerprint density at radius 1 is 1.29 bits per heavy atom. The predicted molar refractivity (Wildman–Crippen MR) is 79.1 cm³/mol. The van der Waals surface area contributed by atoms with Crippen molar-refractivity contribution in [1.82, 2.24) is 0 Å². The first-order valence-corrected chi connectivity index (χ1v) is 6.62. The van der Waals surface area contributed by atoms with E-state index >= 15 is 0 Å². The third kappa shape index (κ3) is 1.83. The lowest BCUT2D eigenvalue weighted by molar-refractivity contribution is 0.653. The SMILES string of the molecule is C=CC1=C(/C=C\C)C(C)(C)c2cc(Br)ccc21. The van der Waals surface area contributed by atoms with Crippen LogP contribution < -0.4 is 0 Å². The molecule has 1 aromatic rings. The van der Waals surface area contributed by atoms with E-state index in [1.807, 2.05) is 6.08 Å². The van der Waals surface area contributed by atoms with E-state index in [2.05, 4.69) is 73.6 Å². The number of halogens is 1. The summed E-state index contributed by atoms with van der Waals surface area (Å²) in [5, 5.41) is 0. The van der Waals surface area contributed by atoms with E-state index in [1.165, 1.54) is 22.3 Å². The van der Waals surface area contributed by atoms with Gasteiger partial charge < -0.3 is 0 Å². The fourth-order valence-electron chi connectivity index (χ4n) is 2.58. The molecule has 0 bridgehead atoms. The van der Waals surface area contributed by atoms with Gasteiger partial charge in [-0.05, 0) is 41.3 Å². The first-order valence-electron chi connectivity index (χ1n) is 5.82. The van der Waals surface area contributed by atoms with Gasteiger partial charge in [0.1, 0.15) is 0 Å². The summed E-state index contributed by atoms with van der Waals surface area (Å²) >= 11 is 3.55. The molecular formula is C16H17Br. The summed E-state index contributed by atoms with van der Waals surface area (Å²) in [6.45, 7) is 10.6. The first-order chi connectivity index (χ1) is 8.02. The highest BCUT2D eigenvalue weighted by molar-refractivity contribution is 9.10. The maximum absolute atomic E-state index is 3.96. The van der Waals surface area contributed by atoms with Gasteiger partial charge in [0.05, 0.1) is 0 Å². The molecule has 1 aromatic carbocycles. The Morgan fingerprint density at radius 3 is 2.59 bits per heavy atom. The van der Waals surface area contributed by atoms with Crippen LogP contribution in [0.5, 0.6) is 0 Å². The van der Waals surface area contributed by atoms with Gasteiger partial charge in [-0.15, -0.1) is 0 Å². The van der Waals surface area contributed by atoms with Gasteiger partial charge in [0.25, 0.3) is 0 Å². The second-order valence-electron chi connectivity index (χ2n) is 4.85. The first kappa shape index (κ1) is 12.4. The van der Waals surface area contributed by atoms with Gasteiger partial charge in [-0.2, -0.15) is 0 Å². The van der Waals surface area contributed by atoms with Crippen LogP contribution in [0.2, 0.25) is 0 Å². The van der Waals surface area contributed by atoms with Crippen LogP contribution in [0.4, 0.5) is 0 Å². The summed E-state index contributed by atoms with van der Waals surface area (Å²) in [6, 6.07) is 6.49. The Bertz CT molecular complexity index is 530. The smallest absolute Gasteiger partial charge is 0.0178 e. The average Bonchev–Trinajstić information content (AvgIpc) is 2.49. The van der Waals surface area contributed by atoms with Crippen molar-refractivity contribution in [2.45, 2.75) is 26.2 Å². The molecular weight excluding hydrogens is 272 g/mol. The number of hydrogen-bond donors (Lipinski definition) is 0. The van der Waals surface area contributed by atoms with Crippen molar-refractivity contribution in [3.63, 3.8) is 0 Å². The highest BCUT2D eigenvalue weighted by Crippen LogP contribution is 2.47. The molecule has 1 heteroatoms. The van der Waals surface area contributed by atoms with Crippen molar-refractivity contribution in [2.24, 2.45) is 0 Å². The summed E-state index contributed by atoms with van der Waals surface area (Å²) in [5.74, 6) is 0. The molecule has 2 rings (SSSR count). The third-order valence-electron chi connectivity index (χ3n) is 3.45. The van der Waals surface area contributed by atoms with Crippen LogP contribution in [0, 0.1) is 0 Å². The van der Waals surface area contributed by atoms with E-state index < -0.39 is 0 Å². The van der Waals surface area contributed by atoms with E-state index in [-0.39, 0.29) is 5.41 Å². The second kappa shape index (κ2) is 4.30. The molecule has 0 atom stereocenters. The lowest BCUT2D eigenvalue weighted by atomic mass is 9.81. The Morgan fingerprint density at radius 2 is 2.00 bits per heavy atom. The highest BCUT2D eigenvalue weighted by atomic mass is 79.9. The zero-order chi connectivity index (χ0) is 12.6. The second-order valence-corrected chi connectivity index (χ2v) is 5.76. The third-order valence-corrected chi connectivity index (χ3v) is 3.94. The molecule has 0 spiro atoms. The van der Waals surface area contributed by atoms with Crippen molar-refractivity contribution in [1.29, 1.82) is 0 Å². The van der Waals surface area contributed by atoms with Crippen molar-refractivity contribution >= 4 is 21.5 Å². The molecule has 1 aliphatic rings. The molecule has 0 nitrogen and oxygen atoms in total.